The molecule has 4 heteroatoms. The minimum absolute atomic E-state index is 0.0476. The summed E-state index contributed by atoms with van der Waals surface area (Å²) in [6.07, 6.45) is 1.94. The summed E-state index contributed by atoms with van der Waals surface area (Å²) in [6.45, 7) is 10.1. The summed E-state index contributed by atoms with van der Waals surface area (Å²) < 4.78 is 1.98. The number of carbonyl (C=O) groups excluding carboxylic acids is 1. The van der Waals surface area contributed by atoms with Crippen LogP contribution in [-0.4, -0.2) is 22.6 Å². The van der Waals surface area contributed by atoms with Crippen molar-refractivity contribution in [3.63, 3.8) is 0 Å². The van der Waals surface area contributed by atoms with Crippen LogP contribution < -0.4 is 10.6 Å². The van der Waals surface area contributed by atoms with E-state index < -0.39 is 0 Å². The highest BCUT2D eigenvalue weighted by molar-refractivity contribution is 5.76. The van der Waals surface area contributed by atoms with Crippen LogP contribution in [-0.2, 0) is 17.9 Å². The summed E-state index contributed by atoms with van der Waals surface area (Å²) in [5, 5.41) is 6.22. The second-order valence-corrected chi connectivity index (χ2v) is 5.21. The van der Waals surface area contributed by atoms with Crippen LogP contribution >= 0.6 is 0 Å². The molecule has 1 amide bonds. The molecule has 0 atom stereocenters. The lowest BCUT2D eigenvalue weighted by Crippen LogP contribution is -2.42. The fourth-order valence-corrected chi connectivity index (χ4v) is 1.63. The van der Waals surface area contributed by atoms with Crippen molar-refractivity contribution in [3.8, 4) is 0 Å². The van der Waals surface area contributed by atoms with Gasteiger partial charge in [-0.1, -0.05) is 6.92 Å². The van der Waals surface area contributed by atoms with Gasteiger partial charge >= 0.3 is 0 Å². The Hall–Kier alpha value is -1.29. The largest absolute Gasteiger partial charge is 0.350 e. The van der Waals surface area contributed by atoms with E-state index >= 15 is 0 Å². The molecule has 4 nitrogen and oxygen atoms in total. The van der Waals surface area contributed by atoms with Gasteiger partial charge in [-0.2, -0.15) is 0 Å². The molecule has 1 aromatic heterocycles. The van der Waals surface area contributed by atoms with Gasteiger partial charge in [0.25, 0.3) is 0 Å². The van der Waals surface area contributed by atoms with Gasteiger partial charge in [-0.25, -0.2) is 0 Å². The van der Waals surface area contributed by atoms with Crippen molar-refractivity contribution in [1.82, 2.24) is 15.2 Å². The van der Waals surface area contributed by atoms with Crippen LogP contribution in [0.1, 0.15) is 33.4 Å². The van der Waals surface area contributed by atoms with E-state index in [1.54, 1.807) is 0 Å². The summed E-state index contributed by atoms with van der Waals surface area (Å²) in [5.41, 5.74) is 0.961. The van der Waals surface area contributed by atoms with Crippen molar-refractivity contribution in [2.45, 2.75) is 46.3 Å². The van der Waals surface area contributed by atoms with E-state index in [1.165, 1.54) is 0 Å². The monoisotopic (exact) mass is 237 g/mol. The molecule has 0 aliphatic rings. The predicted molar refractivity (Wildman–Crippen MR) is 69.7 cm³/mol. The lowest BCUT2D eigenvalue weighted by molar-refractivity contribution is -0.123. The quantitative estimate of drug-likeness (QED) is 0.815. The zero-order valence-electron chi connectivity index (χ0n) is 11.2. The Bertz CT molecular complexity index is 363. The van der Waals surface area contributed by atoms with Gasteiger partial charge in [0.2, 0.25) is 5.91 Å². The third kappa shape index (κ3) is 5.04. The van der Waals surface area contributed by atoms with Crippen LogP contribution in [0, 0.1) is 0 Å². The van der Waals surface area contributed by atoms with Gasteiger partial charge in [0.05, 0.1) is 0 Å². The molecule has 0 aromatic carbocycles. The predicted octanol–water partition coefficient (Wildman–Crippen LogP) is 1.51. The maximum Gasteiger partial charge on any atom is 0.240 e. The molecule has 0 saturated heterocycles. The van der Waals surface area contributed by atoms with E-state index in [-0.39, 0.29) is 11.4 Å². The van der Waals surface area contributed by atoms with Crippen molar-refractivity contribution in [2.24, 2.45) is 0 Å². The van der Waals surface area contributed by atoms with Crippen LogP contribution in [0.5, 0.6) is 0 Å². The Kier molecular flexibility index (Phi) is 4.75. The number of amides is 1. The van der Waals surface area contributed by atoms with E-state index in [9.17, 15) is 4.79 Å². The van der Waals surface area contributed by atoms with Crippen molar-refractivity contribution in [2.75, 3.05) is 6.54 Å². The Morgan fingerprint density at radius 2 is 2.12 bits per heavy atom. The lowest BCUT2D eigenvalue weighted by atomic mass is 10.1. The fourth-order valence-electron chi connectivity index (χ4n) is 1.63. The molecule has 1 aromatic rings. The third-order valence-electron chi connectivity index (χ3n) is 2.31. The van der Waals surface area contributed by atoms with Crippen molar-refractivity contribution >= 4 is 5.91 Å². The number of carbonyl (C=O) groups is 1. The second kappa shape index (κ2) is 5.87. The molecule has 2 N–H and O–H groups in total. The number of aromatic nitrogens is 1. The molecule has 0 unspecified atom stereocenters. The van der Waals surface area contributed by atoms with E-state index in [1.807, 2.05) is 43.7 Å². The third-order valence-corrected chi connectivity index (χ3v) is 2.31. The average Bonchev–Trinajstić information content (AvgIpc) is 2.59. The average molecular weight is 237 g/mol. The highest BCUT2D eigenvalue weighted by Gasteiger charge is 2.14. The maximum absolute atomic E-state index is 11.8. The number of hydrogen-bond acceptors (Lipinski definition) is 2. The van der Waals surface area contributed by atoms with Crippen molar-refractivity contribution < 1.29 is 4.79 Å². The number of nitrogens with one attached hydrogen (secondary N) is 2. The highest BCUT2D eigenvalue weighted by Crippen LogP contribution is 2.03. The van der Waals surface area contributed by atoms with E-state index in [0.29, 0.717) is 6.54 Å². The second-order valence-electron chi connectivity index (χ2n) is 5.21. The van der Waals surface area contributed by atoms with Gasteiger partial charge in [-0.05, 0) is 39.4 Å². The lowest BCUT2D eigenvalue weighted by Gasteiger charge is -2.21. The molecule has 96 valence electrons. The number of nitrogens with zero attached hydrogens (tertiary/aromatic N) is 1. The van der Waals surface area contributed by atoms with E-state index in [2.05, 4.69) is 17.6 Å². The summed E-state index contributed by atoms with van der Waals surface area (Å²) in [5.74, 6) is 0.0476. The normalized spacial score (nSPS) is 11.5. The zero-order valence-corrected chi connectivity index (χ0v) is 11.2. The Balaban J connectivity index is 2.56. The fraction of sp³-hybridized carbons (Fsp3) is 0.615. The van der Waals surface area contributed by atoms with Crippen LogP contribution in [0.4, 0.5) is 0 Å². The topological polar surface area (TPSA) is 46.1 Å². The molecule has 0 fully saturated rings. The van der Waals surface area contributed by atoms with Gasteiger partial charge in [-0.15, -0.1) is 0 Å². The minimum atomic E-state index is -0.175. The number of rotatable bonds is 5. The first-order valence-corrected chi connectivity index (χ1v) is 6.08. The smallest absolute Gasteiger partial charge is 0.240 e. The van der Waals surface area contributed by atoms with Gasteiger partial charge in [0, 0.05) is 24.0 Å². The summed E-state index contributed by atoms with van der Waals surface area (Å²) >= 11 is 0. The molecule has 17 heavy (non-hydrogen) atoms. The summed E-state index contributed by atoms with van der Waals surface area (Å²) in [4.78, 5) is 11.8. The van der Waals surface area contributed by atoms with Crippen LogP contribution in [0.15, 0.2) is 18.3 Å². The Morgan fingerprint density at radius 1 is 1.41 bits per heavy atom. The standard InChI is InChI=1S/C13H23N3O/c1-5-14-9-11-7-6-8-16(11)10-12(17)15-13(2,3)4/h6-8,14H,5,9-10H2,1-4H3,(H,15,17). The van der Waals surface area contributed by atoms with Crippen molar-refractivity contribution in [3.05, 3.63) is 24.0 Å². The first-order chi connectivity index (χ1) is 7.92. The highest BCUT2D eigenvalue weighted by atomic mass is 16.2. The van der Waals surface area contributed by atoms with Crippen LogP contribution in [0.3, 0.4) is 0 Å². The molecule has 0 aliphatic carbocycles. The molecule has 1 rings (SSSR count). The molecule has 0 aliphatic heterocycles. The van der Waals surface area contributed by atoms with Gasteiger partial charge in [0.15, 0.2) is 0 Å². The SMILES string of the molecule is CCNCc1cccn1CC(=O)NC(C)(C)C. The van der Waals surface area contributed by atoms with Crippen LogP contribution in [0.25, 0.3) is 0 Å². The molecule has 1 heterocycles. The molecule has 0 saturated carbocycles. The van der Waals surface area contributed by atoms with Gasteiger partial charge in [-0.3, -0.25) is 4.79 Å². The van der Waals surface area contributed by atoms with Gasteiger partial charge < -0.3 is 15.2 Å². The van der Waals surface area contributed by atoms with Gasteiger partial charge in [0.1, 0.15) is 6.54 Å². The summed E-state index contributed by atoms with van der Waals surface area (Å²) in [6, 6.07) is 4.00. The van der Waals surface area contributed by atoms with E-state index in [0.717, 1.165) is 18.8 Å². The first kappa shape index (κ1) is 13.8. The molecule has 0 spiro atoms. The van der Waals surface area contributed by atoms with E-state index in [4.69, 9.17) is 0 Å². The number of hydrogen-bond donors (Lipinski definition) is 2. The molecule has 0 bridgehead atoms. The molecular formula is C13H23N3O. The molecule has 0 radical (unpaired) electrons. The maximum atomic E-state index is 11.8. The zero-order chi connectivity index (χ0) is 12.9. The molecular weight excluding hydrogens is 214 g/mol. The Morgan fingerprint density at radius 3 is 2.71 bits per heavy atom. The first-order valence-electron chi connectivity index (χ1n) is 6.08. The van der Waals surface area contributed by atoms with Crippen LogP contribution in [0.2, 0.25) is 0 Å². The Labute approximate surface area is 103 Å². The van der Waals surface area contributed by atoms with Crippen molar-refractivity contribution in [1.29, 1.82) is 0 Å². The summed E-state index contributed by atoms with van der Waals surface area (Å²) in [7, 11) is 0. The minimum Gasteiger partial charge on any atom is -0.350 e.